The number of anilines is 2. The van der Waals surface area contributed by atoms with Gasteiger partial charge in [-0.2, -0.15) is 0 Å². The first-order valence-corrected chi connectivity index (χ1v) is 6.59. The van der Waals surface area contributed by atoms with Gasteiger partial charge in [0.1, 0.15) is 0 Å². The lowest BCUT2D eigenvalue weighted by molar-refractivity contribution is 0.0600. The highest BCUT2D eigenvalue weighted by atomic mass is 16.5. The molecule has 0 bridgehead atoms. The zero-order valence-corrected chi connectivity index (χ0v) is 12.2. The van der Waals surface area contributed by atoms with E-state index >= 15 is 0 Å². The van der Waals surface area contributed by atoms with E-state index in [0.717, 1.165) is 0 Å². The average molecular weight is 314 g/mol. The van der Waals surface area contributed by atoms with Crippen LogP contribution in [0.3, 0.4) is 0 Å². The van der Waals surface area contributed by atoms with Crippen molar-refractivity contribution in [2.75, 3.05) is 17.7 Å². The van der Waals surface area contributed by atoms with E-state index < -0.39 is 18.0 Å². The van der Waals surface area contributed by atoms with Gasteiger partial charge in [0.15, 0.2) is 0 Å². The van der Waals surface area contributed by atoms with Crippen LogP contribution in [0.2, 0.25) is 0 Å². The number of benzene rings is 2. The summed E-state index contributed by atoms with van der Waals surface area (Å²) < 4.78 is 4.58. The SMILES string of the molecule is COC(=O)c1ccc(NC(=O)Nc2cccc(C(=O)O)c2)cc1. The number of ether oxygens (including phenoxy) is 1. The number of aromatic carboxylic acids is 1. The number of rotatable bonds is 4. The van der Waals surface area contributed by atoms with Gasteiger partial charge in [-0.25, -0.2) is 14.4 Å². The topological polar surface area (TPSA) is 105 Å². The first-order chi connectivity index (χ1) is 11.0. The number of nitrogens with one attached hydrogen (secondary N) is 2. The molecule has 2 aromatic rings. The van der Waals surface area contributed by atoms with Crippen molar-refractivity contribution in [3.05, 3.63) is 59.7 Å². The number of hydrogen-bond donors (Lipinski definition) is 3. The predicted molar refractivity (Wildman–Crippen MR) is 83.8 cm³/mol. The Morgan fingerprint density at radius 3 is 2.17 bits per heavy atom. The fraction of sp³-hybridized carbons (Fsp3) is 0.0625. The normalized spacial score (nSPS) is 9.78. The van der Waals surface area contributed by atoms with Gasteiger partial charge in [0.2, 0.25) is 0 Å². The number of hydrogen-bond acceptors (Lipinski definition) is 4. The van der Waals surface area contributed by atoms with E-state index in [4.69, 9.17) is 5.11 Å². The summed E-state index contributed by atoms with van der Waals surface area (Å²) in [6, 6.07) is 11.5. The zero-order chi connectivity index (χ0) is 16.8. The van der Waals surface area contributed by atoms with Gasteiger partial charge in [-0.15, -0.1) is 0 Å². The number of esters is 1. The zero-order valence-electron chi connectivity index (χ0n) is 12.2. The van der Waals surface area contributed by atoms with Gasteiger partial charge in [0.25, 0.3) is 0 Å². The van der Waals surface area contributed by atoms with E-state index in [1.807, 2.05) is 0 Å². The molecular weight excluding hydrogens is 300 g/mol. The van der Waals surface area contributed by atoms with E-state index in [1.54, 1.807) is 18.2 Å². The fourth-order valence-corrected chi connectivity index (χ4v) is 1.83. The second-order valence-electron chi connectivity index (χ2n) is 4.53. The lowest BCUT2D eigenvalue weighted by atomic mass is 10.2. The van der Waals surface area contributed by atoms with Crippen LogP contribution in [0.25, 0.3) is 0 Å². The van der Waals surface area contributed by atoms with Gasteiger partial charge in [0.05, 0.1) is 18.2 Å². The van der Waals surface area contributed by atoms with Gasteiger partial charge in [-0.1, -0.05) is 6.07 Å². The largest absolute Gasteiger partial charge is 0.478 e. The molecule has 0 fully saturated rings. The Bertz CT molecular complexity index is 740. The third-order valence-corrected chi connectivity index (χ3v) is 2.93. The number of amides is 2. The molecule has 0 spiro atoms. The molecule has 23 heavy (non-hydrogen) atoms. The third kappa shape index (κ3) is 4.31. The molecule has 118 valence electrons. The van der Waals surface area contributed by atoms with E-state index in [2.05, 4.69) is 15.4 Å². The standard InChI is InChI=1S/C16H14N2O5/c1-23-15(21)10-5-7-12(8-6-10)17-16(22)18-13-4-2-3-11(9-13)14(19)20/h2-9H,1H3,(H,19,20)(H2,17,18,22). The van der Waals surface area contributed by atoms with E-state index in [1.165, 1.54) is 37.4 Å². The smallest absolute Gasteiger partial charge is 0.337 e. The minimum atomic E-state index is -1.08. The Morgan fingerprint density at radius 1 is 0.913 bits per heavy atom. The molecule has 2 rings (SSSR count). The second kappa shape index (κ2) is 7.08. The molecule has 0 heterocycles. The highest BCUT2D eigenvalue weighted by molar-refractivity contribution is 6.01. The van der Waals surface area contributed by atoms with Crippen molar-refractivity contribution >= 4 is 29.3 Å². The van der Waals surface area contributed by atoms with Crippen molar-refractivity contribution in [1.29, 1.82) is 0 Å². The van der Waals surface area contributed by atoms with Crippen LogP contribution in [-0.4, -0.2) is 30.2 Å². The van der Waals surface area contributed by atoms with Gasteiger partial charge >= 0.3 is 18.0 Å². The van der Waals surface area contributed by atoms with Crippen LogP contribution in [-0.2, 0) is 4.74 Å². The average Bonchev–Trinajstić information content (AvgIpc) is 2.55. The molecule has 0 saturated heterocycles. The summed E-state index contributed by atoms with van der Waals surface area (Å²) >= 11 is 0. The molecule has 0 aliphatic heterocycles. The minimum Gasteiger partial charge on any atom is -0.478 e. The molecule has 0 aliphatic rings. The highest BCUT2D eigenvalue weighted by Crippen LogP contribution is 2.13. The molecule has 3 N–H and O–H groups in total. The van der Waals surface area contributed by atoms with Crippen LogP contribution in [0.4, 0.5) is 16.2 Å². The maximum absolute atomic E-state index is 11.9. The van der Waals surface area contributed by atoms with Crippen LogP contribution < -0.4 is 10.6 Å². The lowest BCUT2D eigenvalue weighted by Gasteiger charge is -2.08. The predicted octanol–water partition coefficient (Wildman–Crippen LogP) is 2.82. The Balaban J connectivity index is 2.01. The van der Waals surface area contributed by atoms with Crippen LogP contribution in [0.15, 0.2) is 48.5 Å². The molecule has 2 amide bonds. The number of carboxylic acids is 1. The molecule has 0 aromatic heterocycles. The van der Waals surface area contributed by atoms with Gasteiger partial charge in [-0.3, -0.25) is 0 Å². The molecule has 7 nitrogen and oxygen atoms in total. The molecule has 0 aliphatic carbocycles. The van der Waals surface area contributed by atoms with Crippen molar-refractivity contribution < 1.29 is 24.2 Å². The Labute approximate surface area is 131 Å². The first kappa shape index (κ1) is 16.0. The van der Waals surface area contributed by atoms with E-state index in [0.29, 0.717) is 16.9 Å². The maximum atomic E-state index is 11.9. The van der Waals surface area contributed by atoms with Crippen molar-refractivity contribution in [1.82, 2.24) is 0 Å². The summed E-state index contributed by atoms with van der Waals surface area (Å²) in [7, 11) is 1.28. The molecular formula is C16H14N2O5. The first-order valence-electron chi connectivity index (χ1n) is 6.59. The van der Waals surface area contributed by atoms with Crippen molar-refractivity contribution in [2.45, 2.75) is 0 Å². The summed E-state index contributed by atoms with van der Waals surface area (Å²) in [6.07, 6.45) is 0. The number of urea groups is 1. The van der Waals surface area contributed by atoms with Crippen LogP contribution in [0, 0.1) is 0 Å². The number of carboxylic acid groups (broad SMARTS) is 1. The summed E-state index contributed by atoms with van der Waals surface area (Å²) in [5.74, 6) is -1.54. The Morgan fingerprint density at radius 2 is 1.57 bits per heavy atom. The quantitative estimate of drug-likeness (QED) is 0.753. The van der Waals surface area contributed by atoms with Gasteiger partial charge in [0, 0.05) is 11.4 Å². The van der Waals surface area contributed by atoms with Gasteiger partial charge < -0.3 is 20.5 Å². The molecule has 7 heteroatoms. The molecule has 0 saturated carbocycles. The van der Waals surface area contributed by atoms with Crippen LogP contribution >= 0.6 is 0 Å². The van der Waals surface area contributed by atoms with E-state index in [9.17, 15) is 14.4 Å². The second-order valence-corrected chi connectivity index (χ2v) is 4.53. The number of methoxy groups -OCH3 is 1. The summed E-state index contributed by atoms with van der Waals surface area (Å²) in [4.78, 5) is 34.1. The molecule has 2 aromatic carbocycles. The maximum Gasteiger partial charge on any atom is 0.337 e. The number of carbonyl (C=O) groups excluding carboxylic acids is 2. The Kier molecular flexibility index (Phi) is 4.93. The highest BCUT2D eigenvalue weighted by Gasteiger charge is 2.08. The number of carbonyl (C=O) groups is 3. The molecule has 0 radical (unpaired) electrons. The van der Waals surface area contributed by atoms with Crippen LogP contribution in [0.1, 0.15) is 20.7 Å². The Hall–Kier alpha value is -3.35. The monoisotopic (exact) mass is 314 g/mol. The summed E-state index contributed by atoms with van der Waals surface area (Å²) in [5, 5.41) is 14.0. The van der Waals surface area contributed by atoms with Crippen LogP contribution in [0.5, 0.6) is 0 Å². The molecule has 0 unspecified atom stereocenters. The summed E-state index contributed by atoms with van der Waals surface area (Å²) in [5.41, 5.74) is 1.27. The lowest BCUT2D eigenvalue weighted by Crippen LogP contribution is -2.19. The summed E-state index contributed by atoms with van der Waals surface area (Å²) in [6.45, 7) is 0. The van der Waals surface area contributed by atoms with E-state index in [-0.39, 0.29) is 5.56 Å². The van der Waals surface area contributed by atoms with Gasteiger partial charge in [-0.05, 0) is 42.5 Å². The molecule has 0 atom stereocenters. The van der Waals surface area contributed by atoms with Crippen molar-refractivity contribution in [3.8, 4) is 0 Å². The minimum absolute atomic E-state index is 0.0743. The van der Waals surface area contributed by atoms with Crippen molar-refractivity contribution in [2.24, 2.45) is 0 Å². The third-order valence-electron chi connectivity index (χ3n) is 2.93. The van der Waals surface area contributed by atoms with Crippen molar-refractivity contribution in [3.63, 3.8) is 0 Å². The fourth-order valence-electron chi connectivity index (χ4n) is 1.83.